The van der Waals surface area contributed by atoms with Gasteiger partial charge in [-0.15, -0.1) is 11.8 Å². The number of carboxylic acid groups (broad SMARTS) is 1. The molecular weight excluding hydrogens is 398 g/mol. The molecule has 1 N–H and O–H groups in total. The van der Waals surface area contributed by atoms with Crippen LogP contribution in [0.5, 0.6) is 0 Å². The van der Waals surface area contributed by atoms with Gasteiger partial charge in [0.15, 0.2) is 17.3 Å². The molecule has 0 aliphatic carbocycles. The zero-order valence-electron chi connectivity index (χ0n) is 16.0. The van der Waals surface area contributed by atoms with Crippen LogP contribution in [0.3, 0.4) is 0 Å². The van der Waals surface area contributed by atoms with Gasteiger partial charge in [-0.1, -0.05) is 0 Å². The molecule has 1 unspecified atom stereocenters. The molecule has 1 aromatic carbocycles. The number of aromatic nitrogens is 3. The summed E-state index contributed by atoms with van der Waals surface area (Å²) in [7, 11) is 0. The van der Waals surface area contributed by atoms with Crippen molar-refractivity contribution in [1.29, 1.82) is 0 Å². The van der Waals surface area contributed by atoms with Gasteiger partial charge in [0.1, 0.15) is 5.82 Å². The second-order valence-corrected chi connectivity index (χ2v) is 7.92. The zero-order chi connectivity index (χ0) is 20.7. The third kappa shape index (κ3) is 3.55. The minimum Gasteiger partial charge on any atom is -0.481 e. The first-order valence-corrected chi connectivity index (χ1v) is 10.5. The number of nitrogens with zero attached hydrogens (tertiary/aromatic N) is 4. The van der Waals surface area contributed by atoms with Gasteiger partial charge in [0.2, 0.25) is 0 Å². The molecular formula is C20H20F2N4O2S. The maximum Gasteiger partial charge on any atom is 0.308 e. The SMILES string of the molecule is CSc1c(C)nc2cc(-c3ccc(F)c(F)c3)nn2c1N1CCCC(C(=O)O)C1. The van der Waals surface area contributed by atoms with E-state index in [-0.39, 0.29) is 0 Å². The zero-order valence-corrected chi connectivity index (χ0v) is 16.8. The Kier molecular flexibility index (Phi) is 5.16. The summed E-state index contributed by atoms with van der Waals surface area (Å²) in [6.45, 7) is 3.01. The van der Waals surface area contributed by atoms with Crippen molar-refractivity contribution in [3.8, 4) is 11.3 Å². The van der Waals surface area contributed by atoms with Gasteiger partial charge in [-0.05, 0) is 44.2 Å². The van der Waals surface area contributed by atoms with Gasteiger partial charge >= 0.3 is 5.97 Å². The molecule has 4 rings (SSSR count). The molecule has 6 nitrogen and oxygen atoms in total. The lowest BCUT2D eigenvalue weighted by molar-refractivity contribution is -0.141. The van der Waals surface area contributed by atoms with Crippen LogP contribution in [0.4, 0.5) is 14.6 Å². The van der Waals surface area contributed by atoms with Crippen LogP contribution in [0.15, 0.2) is 29.2 Å². The second kappa shape index (κ2) is 7.62. The van der Waals surface area contributed by atoms with E-state index in [1.54, 1.807) is 10.6 Å². The van der Waals surface area contributed by atoms with Crippen molar-refractivity contribution in [3.63, 3.8) is 0 Å². The summed E-state index contributed by atoms with van der Waals surface area (Å²) < 4.78 is 28.7. The van der Waals surface area contributed by atoms with Crippen LogP contribution in [-0.2, 0) is 4.79 Å². The summed E-state index contributed by atoms with van der Waals surface area (Å²) in [4.78, 5) is 19.1. The van der Waals surface area contributed by atoms with Gasteiger partial charge in [0.05, 0.1) is 22.2 Å². The number of carboxylic acids is 1. The number of halogens is 2. The Balaban J connectivity index is 1.86. The predicted octanol–water partition coefficient (Wildman–Crippen LogP) is 4.01. The standard InChI is InChI=1S/C20H20F2N4O2S/c1-11-18(29-2)19(25-7-3-4-13(10-25)20(27)28)26-17(23-11)9-16(24-26)12-5-6-14(21)15(22)8-12/h5-6,8-9,13H,3-4,7,10H2,1-2H3,(H,27,28). The van der Waals surface area contributed by atoms with E-state index in [0.29, 0.717) is 29.9 Å². The number of benzene rings is 1. The Hall–Kier alpha value is -2.68. The number of piperidine rings is 1. The Morgan fingerprint density at radius 2 is 2.07 bits per heavy atom. The van der Waals surface area contributed by atoms with Gasteiger partial charge in [0.25, 0.3) is 0 Å². The van der Waals surface area contributed by atoms with Crippen molar-refractivity contribution in [3.05, 3.63) is 41.6 Å². The van der Waals surface area contributed by atoms with Crippen LogP contribution in [0.25, 0.3) is 16.9 Å². The summed E-state index contributed by atoms with van der Waals surface area (Å²) >= 11 is 1.53. The van der Waals surface area contributed by atoms with Crippen molar-refractivity contribution >= 4 is 29.2 Å². The Morgan fingerprint density at radius 1 is 1.28 bits per heavy atom. The van der Waals surface area contributed by atoms with Gasteiger partial charge < -0.3 is 10.0 Å². The molecule has 0 radical (unpaired) electrons. The topological polar surface area (TPSA) is 70.7 Å². The molecule has 1 aliphatic rings. The van der Waals surface area contributed by atoms with E-state index in [2.05, 4.69) is 10.1 Å². The summed E-state index contributed by atoms with van der Waals surface area (Å²) in [5.41, 5.74) is 2.31. The molecule has 3 heterocycles. The fourth-order valence-corrected chi connectivity index (χ4v) is 4.51. The van der Waals surface area contributed by atoms with Crippen LogP contribution in [0.1, 0.15) is 18.5 Å². The van der Waals surface area contributed by atoms with Crippen molar-refractivity contribution in [2.24, 2.45) is 5.92 Å². The third-order valence-electron chi connectivity index (χ3n) is 5.19. The number of rotatable bonds is 4. The quantitative estimate of drug-likeness (QED) is 0.646. The molecule has 0 spiro atoms. The van der Waals surface area contributed by atoms with Crippen molar-refractivity contribution < 1.29 is 18.7 Å². The van der Waals surface area contributed by atoms with Crippen molar-refractivity contribution in [2.75, 3.05) is 24.2 Å². The second-order valence-electron chi connectivity index (χ2n) is 7.11. The molecule has 1 atom stereocenters. The number of aliphatic carboxylic acids is 1. The van der Waals surface area contributed by atoms with Gasteiger partial charge in [0, 0.05) is 24.7 Å². The summed E-state index contributed by atoms with van der Waals surface area (Å²) in [6, 6.07) is 5.39. The molecule has 1 fully saturated rings. The van der Waals surface area contributed by atoms with Crippen LogP contribution < -0.4 is 4.90 Å². The largest absolute Gasteiger partial charge is 0.481 e. The monoisotopic (exact) mass is 418 g/mol. The van der Waals surface area contributed by atoms with Crippen LogP contribution in [0, 0.1) is 24.5 Å². The number of hydrogen-bond acceptors (Lipinski definition) is 5. The van der Waals surface area contributed by atoms with E-state index in [9.17, 15) is 18.7 Å². The lowest BCUT2D eigenvalue weighted by Gasteiger charge is -2.33. The number of fused-ring (bicyclic) bond motifs is 1. The maximum absolute atomic E-state index is 13.7. The van der Waals surface area contributed by atoms with Crippen molar-refractivity contribution in [1.82, 2.24) is 14.6 Å². The maximum atomic E-state index is 13.7. The molecule has 152 valence electrons. The Morgan fingerprint density at radius 3 is 2.76 bits per heavy atom. The molecule has 0 bridgehead atoms. The highest BCUT2D eigenvalue weighted by Gasteiger charge is 2.29. The van der Waals surface area contributed by atoms with Crippen LogP contribution in [-0.4, -0.2) is 45.0 Å². The third-order valence-corrected chi connectivity index (χ3v) is 6.08. The minimum atomic E-state index is -0.936. The number of carbonyl (C=O) groups is 1. The van der Waals surface area contributed by atoms with Gasteiger partial charge in [-0.3, -0.25) is 4.79 Å². The lowest BCUT2D eigenvalue weighted by Crippen LogP contribution is -2.40. The number of thioether (sulfide) groups is 1. The van der Waals surface area contributed by atoms with Gasteiger partial charge in [-0.2, -0.15) is 9.61 Å². The van der Waals surface area contributed by atoms with E-state index >= 15 is 0 Å². The average molecular weight is 418 g/mol. The van der Waals surface area contributed by atoms with E-state index in [1.165, 1.54) is 17.8 Å². The molecule has 0 amide bonds. The summed E-state index contributed by atoms with van der Waals surface area (Å²) in [5.74, 6) is -2.30. The average Bonchev–Trinajstić information content (AvgIpc) is 3.12. The number of anilines is 1. The van der Waals surface area contributed by atoms with E-state index in [1.807, 2.05) is 18.1 Å². The van der Waals surface area contributed by atoms with Crippen molar-refractivity contribution in [2.45, 2.75) is 24.7 Å². The normalized spacial score (nSPS) is 17.1. The van der Waals surface area contributed by atoms with E-state index < -0.39 is 23.5 Å². The fraction of sp³-hybridized carbons (Fsp3) is 0.350. The summed E-state index contributed by atoms with van der Waals surface area (Å²) in [5, 5.41) is 14.1. The Bertz CT molecular complexity index is 1100. The molecule has 3 aromatic rings. The first kappa shape index (κ1) is 19.6. The molecule has 29 heavy (non-hydrogen) atoms. The minimum absolute atomic E-state index is 0.391. The highest BCUT2D eigenvalue weighted by Crippen LogP contribution is 2.35. The van der Waals surface area contributed by atoms with Crippen LogP contribution in [0.2, 0.25) is 0 Å². The molecule has 9 heteroatoms. The molecule has 0 saturated carbocycles. The highest BCUT2D eigenvalue weighted by molar-refractivity contribution is 7.98. The molecule has 1 saturated heterocycles. The van der Waals surface area contributed by atoms with E-state index in [4.69, 9.17) is 0 Å². The number of hydrogen-bond donors (Lipinski definition) is 1. The number of aryl methyl sites for hydroxylation is 1. The smallest absolute Gasteiger partial charge is 0.308 e. The molecule has 2 aromatic heterocycles. The highest BCUT2D eigenvalue weighted by atomic mass is 32.2. The Labute approximate surface area is 170 Å². The van der Waals surface area contributed by atoms with Crippen LogP contribution >= 0.6 is 11.8 Å². The lowest BCUT2D eigenvalue weighted by atomic mass is 9.98. The predicted molar refractivity (Wildman–Crippen MR) is 107 cm³/mol. The first-order valence-electron chi connectivity index (χ1n) is 9.26. The first-order chi connectivity index (χ1) is 13.9. The summed E-state index contributed by atoms with van der Waals surface area (Å²) in [6.07, 6.45) is 3.36. The fourth-order valence-electron chi connectivity index (χ4n) is 3.77. The van der Waals surface area contributed by atoms with Gasteiger partial charge in [-0.25, -0.2) is 13.8 Å². The molecule has 1 aliphatic heterocycles. The van der Waals surface area contributed by atoms with E-state index in [0.717, 1.165) is 41.5 Å².